The standard InChI is InChI=1S/C16H20N2O2/c17-12-2-1-3-13(5-4-12)20-14-6-7-15-11(10-14)8-9-18-16(15)19/h6-10,12-13H,1-5,17H2,(H,18,19)/t12-,13+/m0/s1. The van der Waals surface area contributed by atoms with Gasteiger partial charge in [-0.05, 0) is 61.8 Å². The Morgan fingerprint density at radius 2 is 2.05 bits per heavy atom. The van der Waals surface area contributed by atoms with Crippen molar-refractivity contribution in [3.05, 3.63) is 40.8 Å². The molecule has 1 heterocycles. The highest BCUT2D eigenvalue weighted by atomic mass is 16.5. The van der Waals surface area contributed by atoms with Gasteiger partial charge in [0, 0.05) is 17.6 Å². The summed E-state index contributed by atoms with van der Waals surface area (Å²) in [5.41, 5.74) is 5.93. The molecule has 4 heteroatoms. The maximum absolute atomic E-state index is 11.7. The second-order valence-corrected chi connectivity index (χ2v) is 5.56. The Balaban J connectivity index is 1.79. The molecule has 0 bridgehead atoms. The molecule has 106 valence electrons. The first-order chi connectivity index (χ1) is 9.72. The lowest BCUT2D eigenvalue weighted by Gasteiger charge is -2.17. The van der Waals surface area contributed by atoms with E-state index in [1.807, 2.05) is 24.3 Å². The van der Waals surface area contributed by atoms with Gasteiger partial charge in [-0.15, -0.1) is 0 Å². The van der Waals surface area contributed by atoms with Crippen LogP contribution in [0.2, 0.25) is 0 Å². The molecule has 0 amide bonds. The fourth-order valence-electron chi connectivity index (χ4n) is 2.85. The largest absolute Gasteiger partial charge is 0.490 e. The van der Waals surface area contributed by atoms with Gasteiger partial charge in [0.05, 0.1) is 6.10 Å². The van der Waals surface area contributed by atoms with Gasteiger partial charge in [-0.3, -0.25) is 4.79 Å². The van der Waals surface area contributed by atoms with E-state index < -0.39 is 0 Å². The van der Waals surface area contributed by atoms with Crippen LogP contribution < -0.4 is 16.0 Å². The van der Waals surface area contributed by atoms with Crippen molar-refractivity contribution in [1.82, 2.24) is 4.98 Å². The molecule has 2 aromatic rings. The molecule has 1 aliphatic carbocycles. The summed E-state index contributed by atoms with van der Waals surface area (Å²) in [5.74, 6) is 0.837. The van der Waals surface area contributed by atoms with Crippen molar-refractivity contribution in [2.75, 3.05) is 0 Å². The molecule has 0 radical (unpaired) electrons. The maximum Gasteiger partial charge on any atom is 0.255 e. The van der Waals surface area contributed by atoms with Crippen molar-refractivity contribution in [3.63, 3.8) is 0 Å². The van der Waals surface area contributed by atoms with E-state index in [4.69, 9.17) is 10.5 Å². The van der Waals surface area contributed by atoms with Crippen molar-refractivity contribution in [2.45, 2.75) is 44.2 Å². The van der Waals surface area contributed by atoms with E-state index >= 15 is 0 Å². The van der Waals surface area contributed by atoms with E-state index in [1.165, 1.54) is 0 Å². The molecule has 1 aromatic carbocycles. The topological polar surface area (TPSA) is 68.1 Å². The molecule has 4 nitrogen and oxygen atoms in total. The zero-order chi connectivity index (χ0) is 13.9. The number of hydrogen-bond donors (Lipinski definition) is 2. The number of nitrogens with one attached hydrogen (secondary N) is 1. The summed E-state index contributed by atoms with van der Waals surface area (Å²) in [6, 6.07) is 7.86. The number of H-pyrrole nitrogens is 1. The van der Waals surface area contributed by atoms with Crippen LogP contribution in [-0.2, 0) is 0 Å². The number of nitrogens with two attached hydrogens (primary N) is 1. The number of benzene rings is 1. The van der Waals surface area contributed by atoms with E-state index in [0.29, 0.717) is 11.4 Å². The average molecular weight is 272 g/mol. The summed E-state index contributed by atoms with van der Waals surface area (Å²) < 4.78 is 6.06. The quantitative estimate of drug-likeness (QED) is 0.826. The molecule has 20 heavy (non-hydrogen) atoms. The highest BCUT2D eigenvalue weighted by Gasteiger charge is 2.17. The van der Waals surface area contributed by atoms with Gasteiger partial charge in [0.25, 0.3) is 5.56 Å². The summed E-state index contributed by atoms with van der Waals surface area (Å²) in [6.45, 7) is 0. The lowest BCUT2D eigenvalue weighted by Crippen LogP contribution is -2.20. The summed E-state index contributed by atoms with van der Waals surface area (Å²) in [5, 5.41) is 1.61. The molecule has 0 unspecified atom stereocenters. The number of fused-ring (bicyclic) bond motifs is 1. The molecule has 1 aromatic heterocycles. The van der Waals surface area contributed by atoms with Crippen LogP contribution in [0.15, 0.2) is 35.3 Å². The lowest BCUT2D eigenvalue weighted by atomic mass is 10.1. The Hall–Kier alpha value is -1.81. The number of ether oxygens (including phenoxy) is 1. The molecule has 1 fully saturated rings. The minimum Gasteiger partial charge on any atom is -0.490 e. The summed E-state index contributed by atoms with van der Waals surface area (Å²) >= 11 is 0. The minimum absolute atomic E-state index is 0.0607. The molecular formula is C16H20N2O2. The first-order valence-electron chi connectivity index (χ1n) is 7.26. The predicted octanol–water partition coefficient (Wildman–Crippen LogP) is 2.57. The monoisotopic (exact) mass is 272 g/mol. The average Bonchev–Trinajstić information content (AvgIpc) is 2.64. The van der Waals surface area contributed by atoms with E-state index in [-0.39, 0.29) is 11.7 Å². The second-order valence-electron chi connectivity index (χ2n) is 5.56. The fraction of sp³-hybridized carbons (Fsp3) is 0.438. The van der Waals surface area contributed by atoms with Crippen LogP contribution in [0.25, 0.3) is 10.8 Å². The van der Waals surface area contributed by atoms with Gasteiger partial charge in [-0.1, -0.05) is 0 Å². The van der Waals surface area contributed by atoms with E-state index in [9.17, 15) is 4.79 Å². The third-order valence-corrected chi connectivity index (χ3v) is 4.01. The zero-order valence-corrected chi connectivity index (χ0v) is 11.5. The van der Waals surface area contributed by atoms with Crippen LogP contribution in [0.5, 0.6) is 5.75 Å². The van der Waals surface area contributed by atoms with Crippen molar-refractivity contribution in [2.24, 2.45) is 5.73 Å². The second kappa shape index (κ2) is 5.67. The highest BCUT2D eigenvalue weighted by Crippen LogP contribution is 2.24. The summed E-state index contributed by atoms with van der Waals surface area (Å²) in [6.07, 6.45) is 7.21. The maximum atomic E-state index is 11.7. The van der Waals surface area contributed by atoms with Crippen LogP contribution in [-0.4, -0.2) is 17.1 Å². The molecule has 0 aliphatic heterocycles. The van der Waals surface area contributed by atoms with Gasteiger partial charge in [0.15, 0.2) is 0 Å². The van der Waals surface area contributed by atoms with Gasteiger partial charge in [-0.25, -0.2) is 0 Å². The number of hydrogen-bond acceptors (Lipinski definition) is 3. The number of aromatic amines is 1. The minimum atomic E-state index is -0.0607. The molecule has 1 saturated carbocycles. The Kier molecular flexibility index (Phi) is 3.74. The van der Waals surface area contributed by atoms with Crippen molar-refractivity contribution in [3.8, 4) is 5.75 Å². The Morgan fingerprint density at radius 3 is 2.95 bits per heavy atom. The molecule has 0 spiro atoms. The van der Waals surface area contributed by atoms with Crippen molar-refractivity contribution >= 4 is 10.8 Å². The van der Waals surface area contributed by atoms with Gasteiger partial charge in [0.1, 0.15) is 5.75 Å². The van der Waals surface area contributed by atoms with Gasteiger partial charge in [-0.2, -0.15) is 0 Å². The van der Waals surface area contributed by atoms with Gasteiger partial charge >= 0.3 is 0 Å². The first kappa shape index (κ1) is 13.2. The molecule has 2 atom stereocenters. The fourth-order valence-corrected chi connectivity index (χ4v) is 2.85. The number of rotatable bonds is 2. The van der Waals surface area contributed by atoms with Crippen molar-refractivity contribution < 1.29 is 4.74 Å². The first-order valence-corrected chi connectivity index (χ1v) is 7.26. The van der Waals surface area contributed by atoms with E-state index in [0.717, 1.165) is 43.2 Å². The SMILES string of the molecule is N[C@H]1CCC[C@@H](Oc2ccc3c(=O)[nH]ccc3c2)CC1. The normalized spacial score (nSPS) is 23.4. The smallest absolute Gasteiger partial charge is 0.255 e. The molecule has 3 rings (SSSR count). The zero-order valence-electron chi connectivity index (χ0n) is 11.5. The Labute approximate surface area is 117 Å². The van der Waals surface area contributed by atoms with Crippen LogP contribution in [0.3, 0.4) is 0 Å². The molecule has 3 N–H and O–H groups in total. The third-order valence-electron chi connectivity index (χ3n) is 4.01. The summed E-state index contributed by atoms with van der Waals surface area (Å²) in [4.78, 5) is 14.3. The van der Waals surface area contributed by atoms with Crippen LogP contribution in [0.4, 0.5) is 0 Å². The van der Waals surface area contributed by atoms with Gasteiger partial charge in [0.2, 0.25) is 0 Å². The van der Waals surface area contributed by atoms with E-state index in [2.05, 4.69) is 4.98 Å². The number of aromatic nitrogens is 1. The van der Waals surface area contributed by atoms with E-state index in [1.54, 1.807) is 6.20 Å². The predicted molar refractivity (Wildman–Crippen MR) is 80.0 cm³/mol. The molecular weight excluding hydrogens is 252 g/mol. The molecule has 1 aliphatic rings. The number of pyridine rings is 1. The highest BCUT2D eigenvalue weighted by molar-refractivity contribution is 5.82. The Morgan fingerprint density at radius 1 is 1.15 bits per heavy atom. The van der Waals surface area contributed by atoms with Crippen LogP contribution in [0.1, 0.15) is 32.1 Å². The van der Waals surface area contributed by atoms with Crippen molar-refractivity contribution in [1.29, 1.82) is 0 Å². The summed E-state index contributed by atoms with van der Waals surface area (Å²) in [7, 11) is 0. The molecule has 0 saturated heterocycles. The Bertz CT molecular complexity index is 650. The lowest BCUT2D eigenvalue weighted by molar-refractivity contribution is 0.183. The van der Waals surface area contributed by atoms with Crippen LogP contribution in [0, 0.1) is 0 Å². The van der Waals surface area contributed by atoms with Gasteiger partial charge < -0.3 is 15.5 Å². The van der Waals surface area contributed by atoms with Crippen LogP contribution >= 0.6 is 0 Å². The third kappa shape index (κ3) is 2.85.